The molecule has 1 aromatic heterocycles. The number of primary amides is 1. The molecule has 0 saturated heterocycles. The molecule has 0 spiro atoms. The lowest BCUT2D eigenvalue weighted by atomic mass is 10.3. The second kappa shape index (κ2) is 7.65. The van der Waals surface area contributed by atoms with Crippen molar-refractivity contribution in [2.45, 2.75) is 11.8 Å². The van der Waals surface area contributed by atoms with E-state index in [4.69, 9.17) is 10.5 Å². The van der Waals surface area contributed by atoms with Crippen molar-refractivity contribution in [2.24, 2.45) is 5.73 Å². The average molecular weight is 340 g/mol. The van der Waals surface area contributed by atoms with Gasteiger partial charge in [0.2, 0.25) is 5.91 Å². The van der Waals surface area contributed by atoms with Crippen LogP contribution in [0, 0.1) is 0 Å². The predicted molar refractivity (Wildman–Crippen MR) is 92.1 cm³/mol. The summed E-state index contributed by atoms with van der Waals surface area (Å²) in [4.78, 5) is 11.1. The van der Waals surface area contributed by atoms with Gasteiger partial charge in [-0.3, -0.25) is 9.36 Å². The summed E-state index contributed by atoms with van der Waals surface area (Å²) in [7, 11) is 0. The van der Waals surface area contributed by atoms with E-state index in [-0.39, 0.29) is 12.4 Å². The number of benzene rings is 2. The fourth-order valence-corrected chi connectivity index (χ4v) is 2.83. The number of nitrogens with zero attached hydrogens (tertiary/aromatic N) is 3. The Morgan fingerprint density at radius 1 is 1.04 bits per heavy atom. The number of rotatable bonds is 7. The van der Waals surface area contributed by atoms with Gasteiger partial charge >= 0.3 is 0 Å². The number of aromatic nitrogens is 3. The van der Waals surface area contributed by atoms with Gasteiger partial charge in [-0.25, -0.2) is 0 Å². The molecule has 1 amide bonds. The number of ether oxygens (including phenoxy) is 1. The first kappa shape index (κ1) is 16.1. The van der Waals surface area contributed by atoms with E-state index in [0.29, 0.717) is 11.0 Å². The number of hydrogen-bond donors (Lipinski definition) is 1. The number of thioether (sulfide) groups is 1. The number of carbonyl (C=O) groups is 1. The Morgan fingerprint density at radius 2 is 1.71 bits per heavy atom. The van der Waals surface area contributed by atoms with Crippen LogP contribution in [0.25, 0.3) is 5.69 Å². The van der Waals surface area contributed by atoms with E-state index in [9.17, 15) is 4.79 Å². The molecule has 0 fully saturated rings. The fraction of sp³-hybridized carbons (Fsp3) is 0.118. The highest BCUT2D eigenvalue weighted by Crippen LogP contribution is 2.22. The van der Waals surface area contributed by atoms with Crippen molar-refractivity contribution in [1.82, 2.24) is 14.8 Å². The Labute approximate surface area is 143 Å². The van der Waals surface area contributed by atoms with Gasteiger partial charge in [-0.2, -0.15) is 0 Å². The predicted octanol–water partition coefficient (Wildman–Crippen LogP) is 2.42. The third-order valence-electron chi connectivity index (χ3n) is 3.17. The lowest BCUT2D eigenvalue weighted by Crippen LogP contribution is -2.14. The molecule has 3 aromatic rings. The first-order valence-corrected chi connectivity index (χ1v) is 8.31. The van der Waals surface area contributed by atoms with E-state index in [0.717, 1.165) is 11.4 Å². The summed E-state index contributed by atoms with van der Waals surface area (Å²) < 4.78 is 7.64. The van der Waals surface area contributed by atoms with Crippen LogP contribution < -0.4 is 10.5 Å². The number of para-hydroxylation sites is 2. The van der Waals surface area contributed by atoms with Gasteiger partial charge < -0.3 is 10.5 Å². The summed E-state index contributed by atoms with van der Waals surface area (Å²) >= 11 is 1.25. The maximum Gasteiger partial charge on any atom is 0.227 e. The Hall–Kier alpha value is -2.80. The summed E-state index contributed by atoms with van der Waals surface area (Å²) in [6, 6.07) is 19.2. The fourth-order valence-electron chi connectivity index (χ4n) is 2.12. The van der Waals surface area contributed by atoms with Gasteiger partial charge in [0.05, 0.1) is 5.75 Å². The molecule has 0 saturated carbocycles. The first-order valence-electron chi connectivity index (χ1n) is 7.32. The van der Waals surface area contributed by atoms with Crippen molar-refractivity contribution >= 4 is 17.7 Å². The third kappa shape index (κ3) is 3.94. The van der Waals surface area contributed by atoms with E-state index in [2.05, 4.69) is 10.2 Å². The average Bonchev–Trinajstić information content (AvgIpc) is 3.02. The maximum absolute atomic E-state index is 11.1. The van der Waals surface area contributed by atoms with Crippen LogP contribution in [0.15, 0.2) is 65.8 Å². The van der Waals surface area contributed by atoms with Crippen molar-refractivity contribution in [3.05, 3.63) is 66.5 Å². The van der Waals surface area contributed by atoms with Gasteiger partial charge in [0.15, 0.2) is 11.0 Å². The zero-order valence-corrected chi connectivity index (χ0v) is 13.6. The Bertz CT molecular complexity index is 806. The monoisotopic (exact) mass is 340 g/mol. The third-order valence-corrected chi connectivity index (χ3v) is 4.12. The molecule has 0 unspecified atom stereocenters. The molecular formula is C17H16N4O2S. The Balaban J connectivity index is 1.86. The lowest BCUT2D eigenvalue weighted by Gasteiger charge is -2.10. The molecule has 0 aliphatic heterocycles. The van der Waals surface area contributed by atoms with Crippen molar-refractivity contribution < 1.29 is 9.53 Å². The zero-order chi connectivity index (χ0) is 16.8. The molecule has 7 heteroatoms. The van der Waals surface area contributed by atoms with Gasteiger partial charge in [-0.15, -0.1) is 10.2 Å². The summed E-state index contributed by atoms with van der Waals surface area (Å²) in [6.45, 7) is 0.267. The summed E-state index contributed by atoms with van der Waals surface area (Å²) in [5.41, 5.74) is 6.13. The van der Waals surface area contributed by atoms with Crippen molar-refractivity contribution in [1.29, 1.82) is 0 Å². The first-order chi connectivity index (χ1) is 11.7. The topological polar surface area (TPSA) is 83.0 Å². The van der Waals surface area contributed by atoms with Crippen LogP contribution >= 0.6 is 11.8 Å². The van der Waals surface area contributed by atoms with Gasteiger partial charge in [-0.1, -0.05) is 48.2 Å². The minimum Gasteiger partial charge on any atom is -0.486 e. The molecule has 0 bridgehead atoms. The maximum atomic E-state index is 11.1. The molecule has 1 heterocycles. The van der Waals surface area contributed by atoms with E-state index in [1.54, 1.807) is 0 Å². The minimum absolute atomic E-state index is 0.143. The van der Waals surface area contributed by atoms with Crippen LogP contribution in [-0.4, -0.2) is 26.4 Å². The van der Waals surface area contributed by atoms with Crippen LogP contribution in [0.4, 0.5) is 0 Å². The van der Waals surface area contributed by atoms with Gasteiger partial charge in [0.25, 0.3) is 0 Å². The summed E-state index contributed by atoms with van der Waals surface area (Å²) in [5.74, 6) is 1.15. The molecule has 24 heavy (non-hydrogen) atoms. The van der Waals surface area contributed by atoms with Crippen LogP contribution in [0.5, 0.6) is 5.75 Å². The van der Waals surface area contributed by atoms with E-state index >= 15 is 0 Å². The van der Waals surface area contributed by atoms with E-state index in [1.165, 1.54) is 11.8 Å². The van der Waals surface area contributed by atoms with Crippen LogP contribution in [0.2, 0.25) is 0 Å². The highest BCUT2D eigenvalue weighted by Gasteiger charge is 2.15. The van der Waals surface area contributed by atoms with Gasteiger partial charge in [0.1, 0.15) is 12.4 Å². The van der Waals surface area contributed by atoms with Gasteiger partial charge in [0, 0.05) is 5.69 Å². The quantitative estimate of drug-likeness (QED) is 0.668. The van der Waals surface area contributed by atoms with E-state index in [1.807, 2.05) is 65.2 Å². The molecule has 122 valence electrons. The molecule has 3 rings (SSSR count). The van der Waals surface area contributed by atoms with Crippen LogP contribution in [0.3, 0.4) is 0 Å². The highest BCUT2D eigenvalue weighted by molar-refractivity contribution is 7.99. The molecule has 0 aliphatic rings. The number of amides is 1. The molecular weight excluding hydrogens is 324 g/mol. The standard InChI is InChI=1S/C17H16N4O2S/c18-15(22)12-24-17-20-19-16(11-23-14-9-5-2-6-10-14)21(17)13-7-3-1-4-8-13/h1-10H,11-12H2,(H2,18,22). The zero-order valence-electron chi connectivity index (χ0n) is 12.8. The molecule has 0 aliphatic carbocycles. The Kier molecular flexibility index (Phi) is 5.12. The molecule has 0 atom stereocenters. The Morgan fingerprint density at radius 3 is 2.38 bits per heavy atom. The number of nitrogens with two attached hydrogens (primary N) is 1. The second-order valence-electron chi connectivity index (χ2n) is 4.93. The second-order valence-corrected chi connectivity index (χ2v) is 5.87. The van der Waals surface area contributed by atoms with Crippen molar-refractivity contribution in [2.75, 3.05) is 5.75 Å². The van der Waals surface area contributed by atoms with Crippen LogP contribution in [-0.2, 0) is 11.4 Å². The summed E-state index contributed by atoms with van der Waals surface area (Å²) in [6.07, 6.45) is 0. The summed E-state index contributed by atoms with van der Waals surface area (Å²) in [5, 5.41) is 8.97. The normalized spacial score (nSPS) is 10.5. The van der Waals surface area contributed by atoms with Crippen molar-refractivity contribution in [3.8, 4) is 11.4 Å². The van der Waals surface area contributed by atoms with Crippen molar-refractivity contribution in [3.63, 3.8) is 0 Å². The van der Waals surface area contributed by atoms with E-state index < -0.39 is 5.91 Å². The largest absolute Gasteiger partial charge is 0.486 e. The smallest absolute Gasteiger partial charge is 0.227 e. The number of carbonyl (C=O) groups excluding carboxylic acids is 1. The molecule has 2 aromatic carbocycles. The minimum atomic E-state index is -0.398. The molecule has 0 radical (unpaired) electrons. The molecule has 2 N–H and O–H groups in total. The highest BCUT2D eigenvalue weighted by atomic mass is 32.2. The van der Waals surface area contributed by atoms with Gasteiger partial charge in [-0.05, 0) is 24.3 Å². The van der Waals surface area contributed by atoms with Crippen LogP contribution in [0.1, 0.15) is 5.82 Å². The SMILES string of the molecule is NC(=O)CSc1nnc(COc2ccccc2)n1-c1ccccc1. The lowest BCUT2D eigenvalue weighted by molar-refractivity contribution is -0.115. The molecule has 6 nitrogen and oxygen atoms in total. The number of hydrogen-bond acceptors (Lipinski definition) is 5.